The topological polar surface area (TPSA) is 62.3 Å². The van der Waals surface area contributed by atoms with Gasteiger partial charge in [-0.15, -0.1) is 0 Å². The van der Waals surface area contributed by atoms with Crippen LogP contribution in [0.15, 0.2) is 12.3 Å². The van der Waals surface area contributed by atoms with E-state index in [1.807, 2.05) is 13.8 Å². The van der Waals surface area contributed by atoms with Gasteiger partial charge in [0.1, 0.15) is 11.2 Å². The summed E-state index contributed by atoms with van der Waals surface area (Å²) in [4.78, 5) is 30.6. The van der Waals surface area contributed by atoms with Gasteiger partial charge in [-0.2, -0.15) is 0 Å². The van der Waals surface area contributed by atoms with Crippen LogP contribution in [0, 0.1) is 5.92 Å². The van der Waals surface area contributed by atoms with Crippen LogP contribution >= 0.6 is 23.2 Å². The zero-order valence-corrected chi connectivity index (χ0v) is 14.1. The van der Waals surface area contributed by atoms with Crippen molar-refractivity contribution in [3.63, 3.8) is 0 Å². The van der Waals surface area contributed by atoms with Crippen molar-refractivity contribution in [2.75, 3.05) is 13.1 Å². The van der Waals surface area contributed by atoms with E-state index in [0.29, 0.717) is 0 Å². The zero-order valence-electron chi connectivity index (χ0n) is 12.6. The van der Waals surface area contributed by atoms with Crippen LogP contribution in [0.25, 0.3) is 0 Å². The summed E-state index contributed by atoms with van der Waals surface area (Å²) in [6.45, 7) is 5.31. The molecule has 2 heterocycles. The molecule has 5 nitrogen and oxygen atoms in total. The third kappa shape index (κ3) is 3.70. The standard InChI is InChI=1S/C15H19Cl2N3O2/c1-9(2)12(15(22)20-7-3-4-8-20)19-14(21)10-5-6-18-13(17)11(10)16/h5-6,9,12H,3-4,7-8H2,1-2H3,(H,19,21)/t12-/m0/s1. The van der Waals surface area contributed by atoms with Crippen LogP contribution < -0.4 is 5.32 Å². The first-order valence-corrected chi connectivity index (χ1v) is 8.07. The van der Waals surface area contributed by atoms with Crippen molar-refractivity contribution in [3.05, 3.63) is 28.0 Å². The van der Waals surface area contributed by atoms with E-state index in [4.69, 9.17) is 23.2 Å². The number of nitrogens with zero attached hydrogens (tertiary/aromatic N) is 2. The Morgan fingerprint density at radius 3 is 2.50 bits per heavy atom. The van der Waals surface area contributed by atoms with E-state index >= 15 is 0 Å². The van der Waals surface area contributed by atoms with E-state index in [1.165, 1.54) is 12.3 Å². The Balaban J connectivity index is 2.15. The van der Waals surface area contributed by atoms with Crippen LogP contribution in [-0.2, 0) is 4.79 Å². The maximum atomic E-state index is 12.5. The molecular formula is C15H19Cl2N3O2. The first-order valence-electron chi connectivity index (χ1n) is 7.31. The smallest absolute Gasteiger partial charge is 0.253 e. The van der Waals surface area contributed by atoms with Gasteiger partial charge in [0, 0.05) is 19.3 Å². The maximum Gasteiger partial charge on any atom is 0.253 e. The monoisotopic (exact) mass is 343 g/mol. The number of carbonyl (C=O) groups excluding carboxylic acids is 2. The van der Waals surface area contributed by atoms with Gasteiger partial charge in [-0.25, -0.2) is 4.98 Å². The summed E-state index contributed by atoms with van der Waals surface area (Å²) >= 11 is 11.8. The lowest BCUT2D eigenvalue weighted by molar-refractivity contribution is -0.133. The van der Waals surface area contributed by atoms with Crippen molar-refractivity contribution >= 4 is 35.0 Å². The van der Waals surface area contributed by atoms with Gasteiger partial charge in [0.15, 0.2) is 0 Å². The highest BCUT2D eigenvalue weighted by Gasteiger charge is 2.30. The number of hydrogen-bond donors (Lipinski definition) is 1. The predicted octanol–water partition coefficient (Wildman–Crippen LogP) is 2.77. The van der Waals surface area contributed by atoms with Crippen LogP contribution in [0.1, 0.15) is 37.0 Å². The molecule has 1 aromatic rings. The lowest BCUT2D eigenvalue weighted by Crippen LogP contribution is -2.50. The molecular weight excluding hydrogens is 325 g/mol. The molecule has 0 spiro atoms. The highest BCUT2D eigenvalue weighted by molar-refractivity contribution is 6.43. The number of pyridine rings is 1. The van der Waals surface area contributed by atoms with Crippen LogP contribution in [0.3, 0.4) is 0 Å². The summed E-state index contributed by atoms with van der Waals surface area (Å²) in [6, 6.07) is 0.912. The van der Waals surface area contributed by atoms with Gasteiger partial charge in [-0.1, -0.05) is 37.0 Å². The van der Waals surface area contributed by atoms with Crippen molar-refractivity contribution in [1.82, 2.24) is 15.2 Å². The minimum Gasteiger partial charge on any atom is -0.341 e. The number of aromatic nitrogens is 1. The average Bonchev–Trinajstić information content (AvgIpc) is 3.00. The van der Waals surface area contributed by atoms with Crippen molar-refractivity contribution in [3.8, 4) is 0 Å². The highest BCUT2D eigenvalue weighted by Crippen LogP contribution is 2.23. The van der Waals surface area contributed by atoms with E-state index in [-0.39, 0.29) is 27.6 Å². The van der Waals surface area contributed by atoms with E-state index in [0.717, 1.165) is 25.9 Å². The molecule has 22 heavy (non-hydrogen) atoms. The van der Waals surface area contributed by atoms with Gasteiger partial charge >= 0.3 is 0 Å². The lowest BCUT2D eigenvalue weighted by Gasteiger charge is -2.26. The van der Waals surface area contributed by atoms with Gasteiger partial charge in [0.25, 0.3) is 5.91 Å². The summed E-state index contributed by atoms with van der Waals surface area (Å²) in [5.41, 5.74) is 0.224. The Morgan fingerprint density at radius 1 is 1.27 bits per heavy atom. The molecule has 1 aromatic heterocycles. The minimum absolute atomic E-state index is 0.0202. The molecule has 1 N–H and O–H groups in total. The Kier molecular flexibility index (Phi) is 5.64. The number of rotatable bonds is 4. The van der Waals surface area contributed by atoms with Crippen molar-refractivity contribution in [1.29, 1.82) is 0 Å². The molecule has 1 fully saturated rings. The van der Waals surface area contributed by atoms with Crippen LogP contribution in [-0.4, -0.2) is 40.8 Å². The van der Waals surface area contributed by atoms with Gasteiger partial charge in [0.2, 0.25) is 5.91 Å². The number of halogens is 2. The van der Waals surface area contributed by atoms with Crippen LogP contribution in [0.5, 0.6) is 0 Å². The van der Waals surface area contributed by atoms with Gasteiger partial charge in [0.05, 0.1) is 10.6 Å². The molecule has 7 heteroatoms. The normalized spacial score (nSPS) is 16.0. The number of nitrogens with one attached hydrogen (secondary N) is 1. The molecule has 0 bridgehead atoms. The molecule has 1 atom stereocenters. The van der Waals surface area contributed by atoms with Crippen LogP contribution in [0.4, 0.5) is 0 Å². The highest BCUT2D eigenvalue weighted by atomic mass is 35.5. The van der Waals surface area contributed by atoms with Crippen molar-refractivity contribution in [2.45, 2.75) is 32.7 Å². The van der Waals surface area contributed by atoms with Gasteiger partial charge < -0.3 is 10.2 Å². The molecule has 0 aromatic carbocycles. The largest absolute Gasteiger partial charge is 0.341 e. The second kappa shape index (κ2) is 7.29. The first kappa shape index (κ1) is 17.0. The zero-order chi connectivity index (χ0) is 16.3. The minimum atomic E-state index is -0.575. The van der Waals surface area contributed by atoms with Gasteiger partial charge in [-0.05, 0) is 24.8 Å². The van der Waals surface area contributed by atoms with E-state index < -0.39 is 11.9 Å². The fourth-order valence-corrected chi connectivity index (χ4v) is 2.82. The summed E-state index contributed by atoms with van der Waals surface area (Å²) in [6.07, 6.45) is 3.43. The fourth-order valence-electron chi connectivity index (χ4n) is 2.46. The number of amides is 2. The molecule has 120 valence electrons. The summed E-state index contributed by atoms with van der Waals surface area (Å²) in [7, 11) is 0. The Bertz CT molecular complexity index is 572. The summed E-state index contributed by atoms with van der Waals surface area (Å²) in [5, 5.41) is 2.94. The predicted molar refractivity (Wildman–Crippen MR) is 86.2 cm³/mol. The quantitative estimate of drug-likeness (QED) is 0.855. The second-order valence-corrected chi connectivity index (χ2v) is 6.43. The molecule has 2 rings (SSSR count). The molecule has 0 aliphatic carbocycles. The molecule has 1 aliphatic heterocycles. The Morgan fingerprint density at radius 2 is 1.91 bits per heavy atom. The maximum absolute atomic E-state index is 12.5. The van der Waals surface area contributed by atoms with E-state index in [2.05, 4.69) is 10.3 Å². The third-order valence-corrected chi connectivity index (χ3v) is 4.49. The first-order chi connectivity index (χ1) is 10.4. The summed E-state index contributed by atoms with van der Waals surface area (Å²) < 4.78 is 0. The number of hydrogen-bond acceptors (Lipinski definition) is 3. The Labute approximate surface area is 140 Å². The fraction of sp³-hybridized carbons (Fsp3) is 0.533. The second-order valence-electron chi connectivity index (χ2n) is 5.69. The van der Waals surface area contributed by atoms with Crippen molar-refractivity contribution in [2.24, 2.45) is 5.92 Å². The summed E-state index contributed by atoms with van der Waals surface area (Å²) in [5.74, 6) is -0.481. The molecule has 1 saturated heterocycles. The molecule has 0 radical (unpaired) electrons. The Hall–Kier alpha value is -1.33. The number of likely N-dealkylation sites (tertiary alicyclic amines) is 1. The molecule has 0 unspecified atom stereocenters. The molecule has 2 amide bonds. The third-order valence-electron chi connectivity index (χ3n) is 3.73. The average molecular weight is 344 g/mol. The number of carbonyl (C=O) groups is 2. The molecule has 0 saturated carbocycles. The van der Waals surface area contributed by atoms with Gasteiger partial charge in [-0.3, -0.25) is 9.59 Å². The van der Waals surface area contributed by atoms with E-state index in [1.54, 1.807) is 4.90 Å². The molecule has 1 aliphatic rings. The SMILES string of the molecule is CC(C)[C@H](NC(=O)c1ccnc(Cl)c1Cl)C(=O)N1CCCC1. The van der Waals surface area contributed by atoms with Crippen molar-refractivity contribution < 1.29 is 9.59 Å². The van der Waals surface area contributed by atoms with Crippen LogP contribution in [0.2, 0.25) is 10.2 Å². The lowest BCUT2D eigenvalue weighted by atomic mass is 10.0. The van der Waals surface area contributed by atoms with E-state index in [9.17, 15) is 9.59 Å².